The number of halogens is 3. The number of hydrogen-bond acceptors (Lipinski definition) is 3. The Morgan fingerprint density at radius 1 is 1.13 bits per heavy atom. The highest BCUT2D eigenvalue weighted by atomic mass is 19.4. The van der Waals surface area contributed by atoms with Crippen molar-refractivity contribution in [2.45, 2.75) is 12.2 Å². The number of alkyl halides is 3. The summed E-state index contributed by atoms with van der Waals surface area (Å²) in [5.74, 6) is 0. The molecule has 4 rings (SSSR count). The number of aromatic nitrogens is 1. The monoisotopic (exact) mass is 417 g/mol. The summed E-state index contributed by atoms with van der Waals surface area (Å²) in [4.78, 5) is 30.5. The maximum atomic E-state index is 13.4. The van der Waals surface area contributed by atoms with Gasteiger partial charge in [0.2, 0.25) is 0 Å². The number of benzene rings is 2. The third-order valence-corrected chi connectivity index (χ3v) is 5.35. The maximum absolute atomic E-state index is 13.4. The van der Waals surface area contributed by atoms with Crippen LogP contribution in [0.25, 0.3) is 22.0 Å². The Bertz CT molecular complexity index is 1190. The normalized spacial score (nSPS) is 17.2. The van der Waals surface area contributed by atoms with E-state index in [2.05, 4.69) is 4.98 Å². The summed E-state index contributed by atoms with van der Waals surface area (Å²) in [6.45, 7) is 0.0845. The number of pyridine rings is 1. The topological polar surface area (TPSA) is 76.6 Å². The Labute approximate surface area is 169 Å². The quantitative estimate of drug-likeness (QED) is 0.686. The molecular formula is C21H18F3N3O3. The van der Waals surface area contributed by atoms with Crippen molar-refractivity contribution in [2.75, 3.05) is 25.1 Å². The van der Waals surface area contributed by atoms with Crippen LogP contribution < -0.4 is 10.5 Å². The summed E-state index contributed by atoms with van der Waals surface area (Å²) < 4.78 is 40.1. The number of fused-ring (bicyclic) bond motifs is 1. The van der Waals surface area contributed by atoms with E-state index in [0.29, 0.717) is 11.1 Å². The third-order valence-electron chi connectivity index (χ3n) is 5.35. The zero-order valence-electron chi connectivity index (χ0n) is 15.9. The number of aromatic amines is 1. The first-order chi connectivity index (χ1) is 14.2. The minimum atomic E-state index is -4.56. The second-order valence-electron chi connectivity index (χ2n) is 7.17. The van der Waals surface area contributed by atoms with Crippen LogP contribution in [0.15, 0.2) is 53.3 Å². The number of rotatable bonds is 3. The lowest BCUT2D eigenvalue weighted by atomic mass is 10.0. The first-order valence-electron chi connectivity index (χ1n) is 9.19. The van der Waals surface area contributed by atoms with Crippen LogP contribution in [0, 0.1) is 0 Å². The van der Waals surface area contributed by atoms with Crippen LogP contribution in [0.4, 0.5) is 23.7 Å². The van der Waals surface area contributed by atoms with E-state index >= 15 is 0 Å². The fraction of sp³-hybridized carbons (Fsp3) is 0.238. The van der Waals surface area contributed by atoms with E-state index in [-0.39, 0.29) is 41.9 Å². The summed E-state index contributed by atoms with van der Waals surface area (Å²) in [7, 11) is 1.58. The van der Waals surface area contributed by atoms with Crippen LogP contribution in [-0.4, -0.2) is 47.3 Å². The number of nitrogens with zero attached hydrogens (tertiary/aromatic N) is 2. The largest absolute Gasteiger partial charge is 0.417 e. The predicted octanol–water partition coefficient (Wildman–Crippen LogP) is 3.45. The zero-order valence-corrected chi connectivity index (χ0v) is 15.9. The number of carbonyl (C=O) groups is 1. The minimum absolute atomic E-state index is 0.0606. The molecule has 0 radical (unpaired) electrons. The van der Waals surface area contributed by atoms with Crippen molar-refractivity contribution in [3.8, 4) is 11.3 Å². The number of hydrogen-bond donors (Lipinski definition) is 2. The van der Waals surface area contributed by atoms with Crippen LogP contribution in [0.2, 0.25) is 0 Å². The van der Waals surface area contributed by atoms with Crippen molar-refractivity contribution in [1.82, 2.24) is 9.88 Å². The number of urea groups is 1. The van der Waals surface area contributed by atoms with Gasteiger partial charge >= 0.3 is 12.2 Å². The summed E-state index contributed by atoms with van der Waals surface area (Å²) in [6.07, 6.45) is -4.56. The van der Waals surface area contributed by atoms with Gasteiger partial charge in [-0.05, 0) is 29.7 Å². The molecule has 1 aliphatic rings. The number of amides is 2. The lowest BCUT2D eigenvalue weighted by molar-refractivity contribution is -0.137. The SMILES string of the molecule is CN1C(=O)N(c2ccc3cc(-c4ccccc4C(F)(F)F)[nH]c(=O)c3c2)CC1CO. The van der Waals surface area contributed by atoms with E-state index in [4.69, 9.17) is 0 Å². The van der Waals surface area contributed by atoms with Gasteiger partial charge in [-0.2, -0.15) is 13.2 Å². The molecule has 0 bridgehead atoms. The van der Waals surface area contributed by atoms with E-state index in [0.717, 1.165) is 6.07 Å². The summed E-state index contributed by atoms with van der Waals surface area (Å²) in [5.41, 5.74) is -0.970. The molecule has 1 aliphatic heterocycles. The van der Waals surface area contributed by atoms with Crippen LogP contribution in [0.3, 0.4) is 0 Å². The van der Waals surface area contributed by atoms with Crippen LogP contribution in [-0.2, 0) is 6.18 Å². The fourth-order valence-electron chi connectivity index (χ4n) is 3.68. The fourth-order valence-corrected chi connectivity index (χ4v) is 3.68. The van der Waals surface area contributed by atoms with E-state index in [1.807, 2.05) is 0 Å². The number of anilines is 1. The van der Waals surface area contributed by atoms with Gasteiger partial charge in [0.1, 0.15) is 0 Å². The second-order valence-corrected chi connectivity index (χ2v) is 7.17. The first-order valence-corrected chi connectivity index (χ1v) is 9.19. The molecule has 156 valence electrons. The first kappa shape index (κ1) is 20.0. The van der Waals surface area contributed by atoms with E-state index in [1.54, 1.807) is 19.2 Å². The van der Waals surface area contributed by atoms with Crippen molar-refractivity contribution in [1.29, 1.82) is 0 Å². The molecule has 3 aromatic rings. The summed E-state index contributed by atoms with van der Waals surface area (Å²) in [6, 6.07) is 10.6. The highest BCUT2D eigenvalue weighted by molar-refractivity contribution is 5.97. The summed E-state index contributed by atoms with van der Waals surface area (Å²) >= 11 is 0. The number of carbonyl (C=O) groups excluding carboxylic acids is 1. The molecule has 1 fully saturated rings. The van der Waals surface area contributed by atoms with E-state index in [1.165, 1.54) is 40.1 Å². The molecule has 1 aromatic heterocycles. The van der Waals surface area contributed by atoms with Gasteiger partial charge in [-0.15, -0.1) is 0 Å². The standard InChI is InChI=1S/C21H18F3N3O3/c1-26-14(11-28)10-27(20(26)30)13-7-6-12-8-18(25-19(29)16(12)9-13)15-4-2-3-5-17(15)21(22,23)24/h2-9,14,28H,10-11H2,1H3,(H,25,29). The zero-order chi connectivity index (χ0) is 21.6. The summed E-state index contributed by atoms with van der Waals surface area (Å²) in [5, 5.41) is 10.1. The molecule has 6 nitrogen and oxygen atoms in total. The molecule has 30 heavy (non-hydrogen) atoms. The number of aliphatic hydroxyl groups is 1. The molecule has 0 aliphatic carbocycles. The number of nitrogens with one attached hydrogen (secondary N) is 1. The van der Waals surface area contributed by atoms with Crippen molar-refractivity contribution in [3.05, 3.63) is 64.4 Å². The molecule has 1 unspecified atom stereocenters. The molecule has 0 saturated carbocycles. The average molecular weight is 417 g/mol. The van der Waals surface area contributed by atoms with E-state index in [9.17, 15) is 27.9 Å². The van der Waals surface area contributed by atoms with Crippen molar-refractivity contribution in [2.24, 2.45) is 0 Å². The highest BCUT2D eigenvalue weighted by Gasteiger charge is 2.35. The van der Waals surface area contributed by atoms with Gasteiger partial charge in [0.15, 0.2) is 0 Å². The number of aliphatic hydroxyl groups excluding tert-OH is 1. The molecule has 2 amide bonds. The van der Waals surface area contributed by atoms with Crippen LogP contribution in [0.5, 0.6) is 0 Å². The van der Waals surface area contributed by atoms with Crippen LogP contribution >= 0.6 is 0 Å². The lowest BCUT2D eigenvalue weighted by Crippen LogP contribution is -2.32. The Kier molecular flexibility index (Phi) is 4.77. The number of likely N-dealkylation sites (N-methyl/N-ethyl adjacent to an activating group) is 1. The van der Waals surface area contributed by atoms with Gasteiger partial charge in [0.25, 0.3) is 5.56 Å². The van der Waals surface area contributed by atoms with Gasteiger partial charge in [-0.1, -0.05) is 24.3 Å². The Morgan fingerprint density at radius 2 is 1.87 bits per heavy atom. The van der Waals surface area contributed by atoms with Crippen molar-refractivity contribution in [3.63, 3.8) is 0 Å². The maximum Gasteiger partial charge on any atom is 0.417 e. The molecule has 1 atom stereocenters. The van der Waals surface area contributed by atoms with Gasteiger partial charge in [-0.3, -0.25) is 9.69 Å². The van der Waals surface area contributed by atoms with Gasteiger partial charge in [0.05, 0.1) is 24.8 Å². The number of H-pyrrole nitrogens is 1. The predicted molar refractivity (Wildman–Crippen MR) is 106 cm³/mol. The lowest BCUT2D eigenvalue weighted by Gasteiger charge is -2.17. The molecule has 2 aromatic carbocycles. The Balaban J connectivity index is 1.79. The van der Waals surface area contributed by atoms with Crippen molar-refractivity contribution < 1.29 is 23.1 Å². The molecule has 2 heterocycles. The Morgan fingerprint density at radius 3 is 2.53 bits per heavy atom. The highest BCUT2D eigenvalue weighted by Crippen LogP contribution is 2.36. The third kappa shape index (κ3) is 3.30. The van der Waals surface area contributed by atoms with Gasteiger partial charge < -0.3 is 15.0 Å². The molecule has 9 heteroatoms. The second kappa shape index (κ2) is 7.17. The molecule has 0 spiro atoms. The van der Waals surface area contributed by atoms with Crippen LogP contribution in [0.1, 0.15) is 5.56 Å². The average Bonchev–Trinajstić information content (AvgIpc) is 3.01. The minimum Gasteiger partial charge on any atom is -0.394 e. The van der Waals surface area contributed by atoms with E-state index < -0.39 is 17.3 Å². The Hall–Kier alpha value is -3.33. The molecular weight excluding hydrogens is 399 g/mol. The van der Waals surface area contributed by atoms with Crippen molar-refractivity contribution >= 4 is 22.5 Å². The molecule has 1 saturated heterocycles. The molecule has 2 N–H and O–H groups in total. The van der Waals surface area contributed by atoms with Gasteiger partial charge in [0, 0.05) is 29.4 Å². The van der Waals surface area contributed by atoms with Gasteiger partial charge in [-0.25, -0.2) is 4.79 Å². The smallest absolute Gasteiger partial charge is 0.394 e.